The van der Waals surface area contributed by atoms with Crippen LogP contribution in [0.2, 0.25) is 0 Å². The van der Waals surface area contributed by atoms with Crippen LogP contribution in [0, 0.1) is 3.57 Å². The van der Waals surface area contributed by atoms with E-state index in [0.29, 0.717) is 21.3 Å². The first kappa shape index (κ1) is 15.8. The Balaban J connectivity index is 2.20. The highest BCUT2D eigenvalue weighted by Crippen LogP contribution is 2.24. The monoisotopic (exact) mass is 459 g/mol. The van der Waals surface area contributed by atoms with Crippen molar-refractivity contribution in [2.45, 2.75) is 0 Å². The van der Waals surface area contributed by atoms with Crippen LogP contribution in [0.15, 0.2) is 52.1 Å². The van der Waals surface area contributed by atoms with Crippen LogP contribution in [0.4, 0.5) is 5.69 Å². The van der Waals surface area contributed by atoms with Crippen LogP contribution in [0.5, 0.6) is 0 Å². The summed E-state index contributed by atoms with van der Waals surface area (Å²) in [5.41, 5.74) is 7.24. The lowest BCUT2D eigenvalue weighted by molar-refractivity contribution is 0.102. The third-order valence-electron chi connectivity index (χ3n) is 2.73. The predicted octanol–water partition coefficient (Wildman–Crippen LogP) is 3.40. The normalized spacial score (nSPS) is 11.2. The second kappa shape index (κ2) is 6.90. The highest BCUT2D eigenvalue weighted by atomic mass is 127. The number of anilines is 1. The molecular weight excluding hydrogens is 449 g/mol. The number of carbonyl (C=O) groups excluding carboxylic acids is 1. The van der Waals surface area contributed by atoms with E-state index in [-0.39, 0.29) is 11.7 Å². The minimum absolute atomic E-state index is 0.00575. The Kier molecular flexibility index (Phi) is 5.18. The smallest absolute Gasteiger partial charge is 0.255 e. The van der Waals surface area contributed by atoms with E-state index in [1.165, 1.54) is 0 Å². The van der Waals surface area contributed by atoms with Gasteiger partial charge in [-0.25, -0.2) is 0 Å². The molecule has 2 aromatic rings. The van der Waals surface area contributed by atoms with Crippen molar-refractivity contribution in [3.05, 3.63) is 61.6 Å². The van der Waals surface area contributed by atoms with Crippen LogP contribution < -0.4 is 11.1 Å². The Morgan fingerprint density at radius 2 is 1.81 bits per heavy atom. The molecule has 0 aliphatic rings. The van der Waals surface area contributed by atoms with E-state index in [1.54, 1.807) is 30.3 Å². The Labute approximate surface area is 143 Å². The number of nitrogens with one attached hydrogen (secondary N) is 1. The summed E-state index contributed by atoms with van der Waals surface area (Å²) in [6.45, 7) is 0. The summed E-state index contributed by atoms with van der Waals surface area (Å²) in [4.78, 5) is 12.1. The fraction of sp³-hybridized carbons (Fsp3) is 0. The van der Waals surface area contributed by atoms with Crippen molar-refractivity contribution in [1.29, 1.82) is 0 Å². The van der Waals surface area contributed by atoms with Crippen molar-refractivity contribution in [3.63, 3.8) is 0 Å². The van der Waals surface area contributed by atoms with E-state index >= 15 is 0 Å². The molecule has 7 heteroatoms. The van der Waals surface area contributed by atoms with Gasteiger partial charge in [0.25, 0.3) is 5.91 Å². The Hall–Kier alpha value is -1.61. The van der Waals surface area contributed by atoms with Crippen LogP contribution in [0.1, 0.15) is 15.9 Å². The van der Waals surface area contributed by atoms with Crippen molar-refractivity contribution in [2.75, 3.05) is 5.32 Å². The SMILES string of the molecule is N/C(=N/O)c1ccc(NC(=O)c2ccc(I)cc2)c(Br)c1. The summed E-state index contributed by atoms with van der Waals surface area (Å²) in [7, 11) is 0. The largest absolute Gasteiger partial charge is 0.409 e. The van der Waals surface area contributed by atoms with E-state index in [4.69, 9.17) is 10.9 Å². The minimum Gasteiger partial charge on any atom is -0.409 e. The standard InChI is InChI=1S/C14H11BrIN3O2/c15-11-7-9(13(17)19-21)3-6-12(11)18-14(20)8-1-4-10(16)5-2-8/h1-7,21H,(H2,17,19)(H,18,20). The van der Waals surface area contributed by atoms with Crippen molar-refractivity contribution in [3.8, 4) is 0 Å². The zero-order valence-electron chi connectivity index (χ0n) is 10.7. The molecule has 0 unspecified atom stereocenters. The molecule has 0 saturated heterocycles. The second-order valence-corrected chi connectivity index (χ2v) is 6.24. The first-order chi connectivity index (χ1) is 10.0. The van der Waals surface area contributed by atoms with Gasteiger partial charge in [-0.15, -0.1) is 0 Å². The molecule has 4 N–H and O–H groups in total. The van der Waals surface area contributed by atoms with Gasteiger partial charge in [0.05, 0.1) is 5.69 Å². The molecule has 1 amide bonds. The quantitative estimate of drug-likeness (QED) is 0.216. The number of nitrogens with two attached hydrogens (primary N) is 1. The molecule has 0 aliphatic carbocycles. The van der Waals surface area contributed by atoms with Gasteiger partial charge in [0.2, 0.25) is 0 Å². The highest BCUT2D eigenvalue weighted by molar-refractivity contribution is 14.1. The number of hydrogen-bond donors (Lipinski definition) is 3. The van der Waals surface area contributed by atoms with Crippen LogP contribution >= 0.6 is 38.5 Å². The predicted molar refractivity (Wildman–Crippen MR) is 93.8 cm³/mol. The molecule has 0 radical (unpaired) electrons. The summed E-state index contributed by atoms with van der Waals surface area (Å²) >= 11 is 5.53. The van der Waals surface area contributed by atoms with Crippen molar-refractivity contribution >= 4 is 56.0 Å². The third-order valence-corrected chi connectivity index (χ3v) is 4.10. The molecule has 0 spiro atoms. The molecule has 0 heterocycles. The van der Waals surface area contributed by atoms with Crippen LogP contribution in [-0.4, -0.2) is 17.0 Å². The topological polar surface area (TPSA) is 87.7 Å². The molecule has 21 heavy (non-hydrogen) atoms. The van der Waals surface area contributed by atoms with Crippen molar-refractivity contribution < 1.29 is 10.0 Å². The summed E-state index contributed by atoms with van der Waals surface area (Å²) < 4.78 is 1.71. The molecule has 0 aliphatic heterocycles. The van der Waals surface area contributed by atoms with Crippen LogP contribution in [0.25, 0.3) is 0 Å². The highest BCUT2D eigenvalue weighted by Gasteiger charge is 2.09. The average Bonchev–Trinajstić information content (AvgIpc) is 2.49. The molecule has 0 aromatic heterocycles. The van der Waals surface area contributed by atoms with Gasteiger partial charge in [-0.05, 0) is 81.0 Å². The van der Waals surface area contributed by atoms with Gasteiger partial charge in [-0.3, -0.25) is 4.79 Å². The number of hydrogen-bond acceptors (Lipinski definition) is 3. The maximum absolute atomic E-state index is 12.1. The molecule has 0 bridgehead atoms. The maximum atomic E-state index is 12.1. The summed E-state index contributed by atoms with van der Waals surface area (Å²) in [6.07, 6.45) is 0. The van der Waals surface area contributed by atoms with Gasteiger partial charge in [-0.2, -0.15) is 0 Å². The van der Waals surface area contributed by atoms with Crippen LogP contribution in [-0.2, 0) is 0 Å². The lowest BCUT2D eigenvalue weighted by atomic mass is 10.1. The average molecular weight is 460 g/mol. The molecule has 0 saturated carbocycles. The fourth-order valence-corrected chi connectivity index (χ4v) is 2.47. The molecule has 0 atom stereocenters. The number of oxime groups is 1. The lowest BCUT2D eigenvalue weighted by Crippen LogP contribution is -2.15. The lowest BCUT2D eigenvalue weighted by Gasteiger charge is -2.09. The van der Waals surface area contributed by atoms with Gasteiger partial charge in [0.15, 0.2) is 5.84 Å². The first-order valence-electron chi connectivity index (χ1n) is 5.85. The number of benzene rings is 2. The number of halogens is 2. The summed E-state index contributed by atoms with van der Waals surface area (Å²) in [5.74, 6) is -0.199. The van der Waals surface area contributed by atoms with Gasteiger partial charge in [0.1, 0.15) is 0 Å². The fourth-order valence-electron chi connectivity index (χ4n) is 1.63. The molecule has 5 nitrogen and oxygen atoms in total. The van der Waals surface area contributed by atoms with E-state index in [2.05, 4.69) is 49.0 Å². The Bertz CT molecular complexity index is 702. The molecule has 2 rings (SSSR count). The first-order valence-corrected chi connectivity index (χ1v) is 7.73. The molecular formula is C14H11BrIN3O2. The zero-order chi connectivity index (χ0) is 15.4. The maximum Gasteiger partial charge on any atom is 0.255 e. The van der Waals surface area contributed by atoms with Gasteiger partial charge in [-0.1, -0.05) is 5.16 Å². The van der Waals surface area contributed by atoms with E-state index in [0.717, 1.165) is 3.57 Å². The Morgan fingerprint density at radius 1 is 1.19 bits per heavy atom. The number of amidine groups is 1. The van der Waals surface area contributed by atoms with E-state index in [1.807, 2.05) is 12.1 Å². The van der Waals surface area contributed by atoms with Gasteiger partial charge >= 0.3 is 0 Å². The van der Waals surface area contributed by atoms with E-state index < -0.39 is 0 Å². The Morgan fingerprint density at radius 3 is 2.38 bits per heavy atom. The second-order valence-electron chi connectivity index (χ2n) is 4.14. The third kappa shape index (κ3) is 3.94. The van der Waals surface area contributed by atoms with Crippen molar-refractivity contribution in [2.24, 2.45) is 10.9 Å². The minimum atomic E-state index is -0.205. The van der Waals surface area contributed by atoms with E-state index in [9.17, 15) is 4.79 Å². The summed E-state index contributed by atoms with van der Waals surface area (Å²) in [6, 6.07) is 12.3. The molecule has 108 valence electrons. The van der Waals surface area contributed by atoms with Gasteiger partial charge < -0.3 is 16.3 Å². The van der Waals surface area contributed by atoms with Crippen LogP contribution in [0.3, 0.4) is 0 Å². The number of nitrogens with zero attached hydrogens (tertiary/aromatic N) is 1. The number of rotatable bonds is 3. The zero-order valence-corrected chi connectivity index (χ0v) is 14.4. The summed E-state index contributed by atoms with van der Waals surface area (Å²) in [5, 5.41) is 14.4. The van der Waals surface area contributed by atoms with Gasteiger partial charge in [0, 0.05) is 19.2 Å². The molecule has 0 fully saturated rings. The number of carbonyl (C=O) groups is 1. The number of amides is 1. The molecule has 2 aromatic carbocycles. The van der Waals surface area contributed by atoms with Crippen molar-refractivity contribution in [1.82, 2.24) is 0 Å².